The minimum atomic E-state index is -4.75. The molecule has 0 radical (unpaired) electrons. The molecule has 1 aliphatic carbocycles. The first kappa shape index (κ1) is 15.2. The summed E-state index contributed by atoms with van der Waals surface area (Å²) >= 11 is 0. The Bertz CT molecular complexity index is 390. The molecule has 1 N–H and O–H groups in total. The largest absolute Gasteiger partial charge is 0.424 e. The van der Waals surface area contributed by atoms with Gasteiger partial charge in [0, 0.05) is 7.11 Å². The van der Waals surface area contributed by atoms with E-state index in [1.54, 1.807) is 27.7 Å². The summed E-state index contributed by atoms with van der Waals surface area (Å²) in [5.41, 5.74) is -4.78. The maximum Gasteiger partial charge on any atom is 0.424 e. The van der Waals surface area contributed by atoms with Gasteiger partial charge in [0.1, 0.15) is 5.60 Å². The zero-order valence-electron chi connectivity index (χ0n) is 11.2. The van der Waals surface area contributed by atoms with Gasteiger partial charge in [-0.25, -0.2) is 0 Å². The van der Waals surface area contributed by atoms with Crippen molar-refractivity contribution in [2.24, 2.45) is 5.41 Å². The predicted molar refractivity (Wildman–Crippen MR) is 63.1 cm³/mol. The van der Waals surface area contributed by atoms with E-state index >= 15 is 0 Å². The molecule has 1 rings (SSSR count). The van der Waals surface area contributed by atoms with E-state index in [4.69, 9.17) is 4.74 Å². The summed E-state index contributed by atoms with van der Waals surface area (Å²) in [7, 11) is 1.42. The zero-order valence-corrected chi connectivity index (χ0v) is 11.2. The summed E-state index contributed by atoms with van der Waals surface area (Å²) in [5.74, 6) is 0. The van der Waals surface area contributed by atoms with Crippen molar-refractivity contribution < 1.29 is 23.0 Å². The fourth-order valence-corrected chi connectivity index (χ4v) is 1.98. The number of alkyl halides is 3. The first-order chi connectivity index (χ1) is 7.86. The second kappa shape index (κ2) is 4.10. The normalized spacial score (nSPS) is 33.5. The highest BCUT2D eigenvalue weighted by atomic mass is 19.4. The van der Waals surface area contributed by atoms with Crippen molar-refractivity contribution in [1.82, 2.24) is 0 Å². The molecule has 0 fully saturated rings. The SMILES string of the molecule is CO[C@@]1(C)C=C[C@@](O)(C(F)(F)F)C(C(C)(C)C)=C1. The van der Waals surface area contributed by atoms with Crippen molar-refractivity contribution in [3.63, 3.8) is 0 Å². The van der Waals surface area contributed by atoms with Crippen molar-refractivity contribution >= 4 is 0 Å². The zero-order chi connectivity index (χ0) is 14.4. The van der Waals surface area contributed by atoms with Crippen molar-refractivity contribution in [2.75, 3.05) is 7.11 Å². The smallest absolute Gasteiger partial charge is 0.373 e. The number of ether oxygens (including phenoxy) is 1. The topological polar surface area (TPSA) is 29.5 Å². The maximum absolute atomic E-state index is 13.1. The highest BCUT2D eigenvalue weighted by molar-refractivity contribution is 5.41. The van der Waals surface area contributed by atoms with Gasteiger partial charge in [-0.15, -0.1) is 0 Å². The fourth-order valence-electron chi connectivity index (χ4n) is 1.98. The molecule has 0 spiro atoms. The third kappa shape index (κ3) is 2.47. The average Bonchev–Trinajstić information content (AvgIpc) is 2.19. The third-order valence-corrected chi connectivity index (χ3v) is 3.18. The van der Waals surface area contributed by atoms with Gasteiger partial charge in [-0.1, -0.05) is 20.8 Å². The lowest BCUT2D eigenvalue weighted by Crippen LogP contribution is -2.51. The molecule has 0 aromatic heterocycles. The molecule has 0 aliphatic heterocycles. The first-order valence-corrected chi connectivity index (χ1v) is 5.64. The van der Waals surface area contributed by atoms with E-state index in [1.807, 2.05) is 0 Å². The molecule has 0 saturated heterocycles. The number of halogens is 3. The molecule has 2 atom stereocenters. The standard InChI is InChI=1S/C13H19F3O2/c1-10(2,3)9-8-11(4,18-5)6-7-12(9,17)13(14,15)16/h6-8,17H,1-5H3/t11-,12-/m0/s1. The second-order valence-electron chi connectivity index (χ2n) is 5.79. The predicted octanol–water partition coefficient (Wildman–Crippen LogP) is 3.23. The Hall–Kier alpha value is -0.810. The molecular weight excluding hydrogens is 245 g/mol. The summed E-state index contributed by atoms with van der Waals surface area (Å²) in [6.07, 6.45) is -1.40. The van der Waals surface area contributed by atoms with Crippen LogP contribution in [0.25, 0.3) is 0 Å². The van der Waals surface area contributed by atoms with E-state index in [9.17, 15) is 18.3 Å². The molecule has 0 aromatic rings. The molecular formula is C13H19F3O2. The molecule has 0 unspecified atom stereocenters. The van der Waals surface area contributed by atoms with Crippen molar-refractivity contribution in [2.45, 2.75) is 45.1 Å². The van der Waals surface area contributed by atoms with Crippen LogP contribution in [0, 0.1) is 5.41 Å². The van der Waals surface area contributed by atoms with E-state index < -0.39 is 22.8 Å². The van der Waals surface area contributed by atoms with Gasteiger partial charge >= 0.3 is 6.18 Å². The van der Waals surface area contributed by atoms with Gasteiger partial charge in [-0.3, -0.25) is 0 Å². The average molecular weight is 264 g/mol. The molecule has 0 amide bonds. The Morgan fingerprint density at radius 2 is 1.67 bits per heavy atom. The van der Waals surface area contributed by atoms with Crippen LogP contribution < -0.4 is 0 Å². The number of methoxy groups -OCH3 is 1. The van der Waals surface area contributed by atoms with Crippen LogP contribution in [0.4, 0.5) is 13.2 Å². The maximum atomic E-state index is 13.1. The minimum Gasteiger partial charge on any atom is -0.373 e. The molecule has 0 saturated carbocycles. The summed E-state index contributed by atoms with van der Waals surface area (Å²) < 4.78 is 44.4. The van der Waals surface area contributed by atoms with Crippen LogP contribution in [0.1, 0.15) is 27.7 Å². The molecule has 2 nitrogen and oxygen atoms in total. The van der Waals surface area contributed by atoms with Gasteiger partial charge in [0.2, 0.25) is 5.60 Å². The van der Waals surface area contributed by atoms with E-state index in [2.05, 4.69) is 0 Å². The summed E-state index contributed by atoms with van der Waals surface area (Å²) in [6.45, 7) is 6.53. The fraction of sp³-hybridized carbons (Fsp3) is 0.692. The molecule has 1 aliphatic rings. The van der Waals surface area contributed by atoms with Crippen LogP contribution in [0.2, 0.25) is 0 Å². The molecule has 0 aromatic carbocycles. The van der Waals surface area contributed by atoms with E-state index in [0.717, 1.165) is 6.08 Å². The lowest BCUT2D eigenvalue weighted by atomic mass is 9.70. The Kier molecular flexibility index (Phi) is 3.47. The van der Waals surface area contributed by atoms with Gasteiger partial charge < -0.3 is 9.84 Å². The van der Waals surface area contributed by atoms with Gasteiger partial charge in [-0.2, -0.15) is 13.2 Å². The summed E-state index contributed by atoms with van der Waals surface area (Å²) in [4.78, 5) is 0. The Labute approximate surface area is 105 Å². The van der Waals surface area contributed by atoms with Crippen molar-refractivity contribution in [3.05, 3.63) is 23.8 Å². The molecule has 0 bridgehead atoms. The van der Waals surface area contributed by atoms with Gasteiger partial charge in [0.25, 0.3) is 0 Å². The van der Waals surface area contributed by atoms with E-state index in [1.165, 1.54) is 19.3 Å². The van der Waals surface area contributed by atoms with Crippen molar-refractivity contribution in [3.8, 4) is 0 Å². The third-order valence-electron chi connectivity index (χ3n) is 3.18. The number of hydrogen-bond donors (Lipinski definition) is 1. The quantitative estimate of drug-likeness (QED) is 0.737. The minimum absolute atomic E-state index is 0.102. The van der Waals surface area contributed by atoms with Crippen LogP contribution in [0.5, 0.6) is 0 Å². The van der Waals surface area contributed by atoms with Crippen LogP contribution >= 0.6 is 0 Å². The molecule has 5 heteroatoms. The van der Waals surface area contributed by atoms with Crippen LogP contribution in [-0.4, -0.2) is 29.6 Å². The monoisotopic (exact) mass is 264 g/mol. The number of hydrogen-bond acceptors (Lipinski definition) is 2. The Morgan fingerprint density at radius 3 is 2.00 bits per heavy atom. The summed E-state index contributed by atoms with van der Waals surface area (Å²) in [6, 6.07) is 0. The van der Waals surface area contributed by atoms with Crippen LogP contribution in [-0.2, 0) is 4.74 Å². The Morgan fingerprint density at radius 1 is 1.17 bits per heavy atom. The first-order valence-electron chi connectivity index (χ1n) is 5.64. The molecule has 104 valence electrons. The highest BCUT2D eigenvalue weighted by Gasteiger charge is 2.58. The van der Waals surface area contributed by atoms with Gasteiger partial charge in [0.15, 0.2) is 0 Å². The Balaban J connectivity index is 3.42. The van der Waals surface area contributed by atoms with Crippen LogP contribution in [0.15, 0.2) is 23.8 Å². The number of aliphatic hydroxyl groups is 1. The summed E-state index contributed by atoms with van der Waals surface area (Å²) in [5, 5.41) is 10.00. The highest BCUT2D eigenvalue weighted by Crippen LogP contribution is 2.48. The van der Waals surface area contributed by atoms with Crippen LogP contribution in [0.3, 0.4) is 0 Å². The van der Waals surface area contributed by atoms with Gasteiger partial charge in [-0.05, 0) is 36.1 Å². The molecule has 0 heterocycles. The lowest BCUT2D eigenvalue weighted by molar-refractivity contribution is -0.230. The van der Waals surface area contributed by atoms with Crippen molar-refractivity contribution in [1.29, 1.82) is 0 Å². The number of rotatable bonds is 1. The molecule has 18 heavy (non-hydrogen) atoms. The van der Waals surface area contributed by atoms with E-state index in [-0.39, 0.29) is 5.57 Å². The second-order valence-corrected chi connectivity index (χ2v) is 5.79. The van der Waals surface area contributed by atoms with Gasteiger partial charge in [0.05, 0.1) is 0 Å². The lowest BCUT2D eigenvalue weighted by Gasteiger charge is -2.42. The van der Waals surface area contributed by atoms with E-state index in [0.29, 0.717) is 0 Å².